The minimum atomic E-state index is -0.556. The van der Waals surface area contributed by atoms with Crippen LogP contribution in [0.3, 0.4) is 0 Å². The van der Waals surface area contributed by atoms with Crippen LogP contribution in [0.5, 0.6) is 0 Å². The molecule has 0 amide bonds. The molecule has 7 heteroatoms. The minimum absolute atomic E-state index is 0.0433. The highest BCUT2D eigenvalue weighted by Gasteiger charge is 2.16. The van der Waals surface area contributed by atoms with E-state index in [1.54, 1.807) is 0 Å². The summed E-state index contributed by atoms with van der Waals surface area (Å²) in [4.78, 5) is 17.7. The summed E-state index contributed by atoms with van der Waals surface area (Å²) in [5, 5.41) is 13.7. The van der Waals surface area contributed by atoms with Crippen LogP contribution < -0.4 is 5.32 Å². The van der Waals surface area contributed by atoms with Crippen molar-refractivity contribution >= 4 is 28.8 Å². The molecule has 1 N–H and O–H groups in total. The van der Waals surface area contributed by atoms with Gasteiger partial charge >= 0.3 is 5.69 Å². The van der Waals surface area contributed by atoms with Crippen LogP contribution in [-0.4, -0.2) is 14.9 Å². The molecular weight excluding hydrogens is 268 g/mol. The van der Waals surface area contributed by atoms with Crippen molar-refractivity contribution in [1.29, 1.82) is 0 Å². The first kappa shape index (κ1) is 13.2. The van der Waals surface area contributed by atoms with Crippen LogP contribution in [0.25, 0.3) is 0 Å². The standard InChI is InChI=1S/C12H11ClN4O2/c1-2-8-3-5-9(6-4-8)15-11-10(17(18)19)7-14-12(13)16-11/h3-7H,2H2,1H3,(H,14,15,16). The van der Waals surface area contributed by atoms with E-state index < -0.39 is 4.92 Å². The Hall–Kier alpha value is -2.21. The van der Waals surface area contributed by atoms with E-state index in [1.165, 1.54) is 5.56 Å². The molecule has 1 heterocycles. The number of aryl methyl sites for hydroxylation is 1. The molecule has 98 valence electrons. The van der Waals surface area contributed by atoms with Crippen molar-refractivity contribution in [2.45, 2.75) is 13.3 Å². The number of aromatic nitrogens is 2. The van der Waals surface area contributed by atoms with Gasteiger partial charge in [-0.15, -0.1) is 0 Å². The van der Waals surface area contributed by atoms with Gasteiger partial charge in [0.25, 0.3) is 0 Å². The van der Waals surface area contributed by atoms with Crippen molar-refractivity contribution in [3.63, 3.8) is 0 Å². The van der Waals surface area contributed by atoms with Gasteiger partial charge in [0.2, 0.25) is 11.1 Å². The van der Waals surface area contributed by atoms with Gasteiger partial charge in [0, 0.05) is 5.69 Å². The first-order valence-corrected chi connectivity index (χ1v) is 6.01. The predicted octanol–water partition coefficient (Wildman–Crippen LogP) is 3.34. The van der Waals surface area contributed by atoms with Crippen molar-refractivity contribution in [2.75, 3.05) is 5.32 Å². The summed E-state index contributed by atoms with van der Waals surface area (Å²) in [5.41, 5.74) is 1.67. The fourth-order valence-corrected chi connectivity index (χ4v) is 1.67. The van der Waals surface area contributed by atoms with E-state index in [0.29, 0.717) is 5.69 Å². The number of hydrogen-bond acceptors (Lipinski definition) is 5. The predicted molar refractivity (Wildman–Crippen MR) is 72.8 cm³/mol. The van der Waals surface area contributed by atoms with Gasteiger partial charge < -0.3 is 5.32 Å². The minimum Gasteiger partial charge on any atom is -0.334 e. The van der Waals surface area contributed by atoms with Crippen molar-refractivity contribution in [3.05, 3.63) is 51.4 Å². The number of nitro groups is 1. The van der Waals surface area contributed by atoms with Crippen LogP contribution in [0.1, 0.15) is 12.5 Å². The monoisotopic (exact) mass is 278 g/mol. The molecule has 0 saturated heterocycles. The zero-order chi connectivity index (χ0) is 13.8. The van der Waals surface area contributed by atoms with Gasteiger partial charge in [-0.3, -0.25) is 10.1 Å². The molecule has 0 fully saturated rings. The summed E-state index contributed by atoms with van der Waals surface area (Å²) in [6.45, 7) is 2.05. The number of halogens is 1. The Kier molecular flexibility index (Phi) is 3.91. The van der Waals surface area contributed by atoms with Crippen molar-refractivity contribution < 1.29 is 4.92 Å². The number of benzene rings is 1. The van der Waals surface area contributed by atoms with Crippen molar-refractivity contribution in [2.24, 2.45) is 0 Å². The SMILES string of the molecule is CCc1ccc(Nc2nc(Cl)ncc2[N+](=O)[O-])cc1. The summed E-state index contributed by atoms with van der Waals surface area (Å²) in [6, 6.07) is 7.55. The van der Waals surface area contributed by atoms with E-state index in [9.17, 15) is 10.1 Å². The number of rotatable bonds is 4. The second-order valence-electron chi connectivity index (χ2n) is 3.81. The van der Waals surface area contributed by atoms with Crippen LogP contribution in [0.4, 0.5) is 17.2 Å². The van der Waals surface area contributed by atoms with Gasteiger partial charge in [0.05, 0.1) is 4.92 Å². The smallest absolute Gasteiger partial charge is 0.329 e. The van der Waals surface area contributed by atoms with E-state index in [1.807, 2.05) is 24.3 Å². The largest absolute Gasteiger partial charge is 0.334 e. The van der Waals surface area contributed by atoms with Crippen LogP contribution in [0.15, 0.2) is 30.5 Å². The number of nitrogens with one attached hydrogen (secondary N) is 1. The quantitative estimate of drug-likeness (QED) is 0.527. The molecule has 0 aliphatic rings. The average Bonchev–Trinajstić information content (AvgIpc) is 2.39. The molecule has 19 heavy (non-hydrogen) atoms. The second-order valence-corrected chi connectivity index (χ2v) is 4.14. The van der Waals surface area contributed by atoms with Gasteiger partial charge in [-0.05, 0) is 35.7 Å². The number of nitrogens with zero attached hydrogens (tertiary/aromatic N) is 3. The van der Waals surface area contributed by atoms with E-state index in [-0.39, 0.29) is 16.8 Å². The molecule has 0 bridgehead atoms. The number of anilines is 2. The number of hydrogen-bond donors (Lipinski definition) is 1. The molecule has 6 nitrogen and oxygen atoms in total. The normalized spacial score (nSPS) is 10.2. The Labute approximate surface area is 114 Å². The van der Waals surface area contributed by atoms with Gasteiger partial charge in [-0.1, -0.05) is 19.1 Å². The lowest BCUT2D eigenvalue weighted by atomic mass is 10.1. The maximum Gasteiger partial charge on any atom is 0.329 e. The van der Waals surface area contributed by atoms with Gasteiger partial charge in [-0.2, -0.15) is 4.98 Å². The van der Waals surface area contributed by atoms with E-state index in [2.05, 4.69) is 22.2 Å². The summed E-state index contributed by atoms with van der Waals surface area (Å²) >= 11 is 5.65. The zero-order valence-corrected chi connectivity index (χ0v) is 10.9. The highest BCUT2D eigenvalue weighted by molar-refractivity contribution is 6.28. The van der Waals surface area contributed by atoms with Crippen LogP contribution >= 0.6 is 11.6 Å². The molecule has 0 aliphatic carbocycles. The van der Waals surface area contributed by atoms with E-state index >= 15 is 0 Å². The fourth-order valence-electron chi connectivity index (χ4n) is 1.54. The maximum atomic E-state index is 10.9. The first-order chi connectivity index (χ1) is 9.10. The Bertz CT molecular complexity index is 601. The molecule has 0 spiro atoms. The van der Waals surface area contributed by atoms with Crippen LogP contribution in [0, 0.1) is 10.1 Å². The van der Waals surface area contributed by atoms with Crippen molar-refractivity contribution in [1.82, 2.24) is 9.97 Å². The maximum absolute atomic E-state index is 10.9. The highest BCUT2D eigenvalue weighted by Crippen LogP contribution is 2.25. The van der Waals surface area contributed by atoms with Crippen LogP contribution in [0.2, 0.25) is 5.28 Å². The second kappa shape index (κ2) is 5.62. The lowest BCUT2D eigenvalue weighted by Gasteiger charge is -2.06. The van der Waals surface area contributed by atoms with Crippen molar-refractivity contribution in [3.8, 4) is 0 Å². The fraction of sp³-hybridized carbons (Fsp3) is 0.167. The van der Waals surface area contributed by atoms with Gasteiger partial charge in [-0.25, -0.2) is 4.98 Å². The molecule has 0 saturated carbocycles. The Morgan fingerprint density at radius 2 is 2.05 bits per heavy atom. The third-order valence-corrected chi connectivity index (χ3v) is 2.74. The molecule has 0 aliphatic heterocycles. The van der Waals surface area contributed by atoms with Crippen LogP contribution in [-0.2, 0) is 6.42 Å². The molecule has 0 radical (unpaired) electrons. The molecule has 2 aromatic rings. The van der Waals surface area contributed by atoms with E-state index in [0.717, 1.165) is 12.6 Å². The molecule has 1 aromatic carbocycles. The lowest BCUT2D eigenvalue weighted by Crippen LogP contribution is -2.01. The molecule has 2 rings (SSSR count). The summed E-state index contributed by atoms with van der Waals surface area (Å²) in [7, 11) is 0. The Balaban J connectivity index is 2.31. The summed E-state index contributed by atoms with van der Waals surface area (Å²) in [6.07, 6.45) is 2.01. The average molecular weight is 279 g/mol. The topological polar surface area (TPSA) is 81.0 Å². The summed E-state index contributed by atoms with van der Waals surface area (Å²) in [5.74, 6) is 0.0780. The Morgan fingerprint density at radius 3 is 2.63 bits per heavy atom. The molecule has 0 unspecified atom stereocenters. The van der Waals surface area contributed by atoms with E-state index in [4.69, 9.17) is 11.6 Å². The first-order valence-electron chi connectivity index (χ1n) is 5.63. The third-order valence-electron chi connectivity index (χ3n) is 2.56. The van der Waals surface area contributed by atoms with Gasteiger partial charge in [0.15, 0.2) is 0 Å². The third kappa shape index (κ3) is 3.17. The molecular formula is C12H11ClN4O2. The lowest BCUT2D eigenvalue weighted by molar-refractivity contribution is -0.384. The highest BCUT2D eigenvalue weighted by atomic mass is 35.5. The molecule has 1 aromatic heterocycles. The summed E-state index contributed by atoms with van der Waals surface area (Å²) < 4.78 is 0. The zero-order valence-electron chi connectivity index (χ0n) is 10.1. The van der Waals surface area contributed by atoms with Gasteiger partial charge in [0.1, 0.15) is 6.20 Å². The Morgan fingerprint density at radius 1 is 1.37 bits per heavy atom. The molecule has 0 atom stereocenters.